The Morgan fingerprint density at radius 3 is 2.90 bits per heavy atom. The van der Waals surface area contributed by atoms with E-state index >= 15 is 0 Å². The number of rotatable bonds is 6. The molecule has 3 nitrogen and oxygen atoms in total. The van der Waals surface area contributed by atoms with Crippen LogP contribution >= 0.6 is 0 Å². The summed E-state index contributed by atoms with van der Waals surface area (Å²) in [6.45, 7) is 7.41. The smallest absolute Gasteiger partial charge is 0.218 e. The first-order valence-corrected chi connectivity index (χ1v) is 8.04. The Morgan fingerprint density at radius 1 is 1.35 bits per heavy atom. The van der Waals surface area contributed by atoms with Gasteiger partial charge in [0.25, 0.3) is 0 Å². The first-order valence-electron chi connectivity index (χ1n) is 8.04. The maximum absolute atomic E-state index is 6.27. The van der Waals surface area contributed by atoms with Crippen LogP contribution in [0.3, 0.4) is 0 Å². The van der Waals surface area contributed by atoms with Crippen LogP contribution in [0.15, 0.2) is 18.3 Å². The van der Waals surface area contributed by atoms with E-state index in [0.717, 1.165) is 12.4 Å². The van der Waals surface area contributed by atoms with Gasteiger partial charge in [-0.2, -0.15) is 0 Å². The van der Waals surface area contributed by atoms with Crippen molar-refractivity contribution in [2.75, 3.05) is 0 Å². The standard InChI is InChI=1S/C17H28N2O/c1-4-14-8-5-6-10-16(14)20-17-15(9-7-11-18-17)12-19-13(2)3/h7,9,11,13-14,16,19H,4-6,8,10,12H2,1-3H3. The fraction of sp³-hybridized carbons (Fsp3) is 0.706. The monoisotopic (exact) mass is 276 g/mol. The molecule has 1 aromatic heterocycles. The van der Waals surface area contributed by atoms with Crippen molar-refractivity contribution in [3.63, 3.8) is 0 Å². The summed E-state index contributed by atoms with van der Waals surface area (Å²) in [5, 5.41) is 3.44. The molecule has 0 spiro atoms. The van der Waals surface area contributed by atoms with Gasteiger partial charge in [0, 0.05) is 24.3 Å². The summed E-state index contributed by atoms with van der Waals surface area (Å²) in [6.07, 6.45) is 8.49. The van der Waals surface area contributed by atoms with Crippen LogP contribution in [0.4, 0.5) is 0 Å². The Morgan fingerprint density at radius 2 is 2.15 bits per heavy atom. The fourth-order valence-electron chi connectivity index (χ4n) is 2.92. The van der Waals surface area contributed by atoms with Gasteiger partial charge in [-0.1, -0.05) is 33.3 Å². The zero-order valence-corrected chi connectivity index (χ0v) is 13.1. The molecule has 0 saturated heterocycles. The van der Waals surface area contributed by atoms with Crippen LogP contribution < -0.4 is 10.1 Å². The molecule has 2 rings (SSSR count). The van der Waals surface area contributed by atoms with Gasteiger partial charge in [-0.05, 0) is 37.7 Å². The summed E-state index contributed by atoms with van der Waals surface area (Å²) in [5.41, 5.74) is 1.17. The molecular weight excluding hydrogens is 248 g/mol. The third-order valence-electron chi connectivity index (χ3n) is 4.18. The van der Waals surface area contributed by atoms with Crippen molar-refractivity contribution < 1.29 is 4.74 Å². The molecule has 1 aliphatic rings. The molecule has 1 aromatic rings. The molecule has 20 heavy (non-hydrogen) atoms. The van der Waals surface area contributed by atoms with Crippen LogP contribution in [0.25, 0.3) is 0 Å². The fourth-order valence-corrected chi connectivity index (χ4v) is 2.92. The largest absolute Gasteiger partial charge is 0.474 e. The quantitative estimate of drug-likeness (QED) is 0.855. The number of pyridine rings is 1. The van der Waals surface area contributed by atoms with E-state index in [1.807, 2.05) is 12.3 Å². The average Bonchev–Trinajstić information content (AvgIpc) is 2.47. The van der Waals surface area contributed by atoms with Gasteiger partial charge in [-0.25, -0.2) is 4.98 Å². The van der Waals surface area contributed by atoms with Crippen LogP contribution in [0.2, 0.25) is 0 Å². The van der Waals surface area contributed by atoms with Crippen molar-refractivity contribution in [3.05, 3.63) is 23.9 Å². The van der Waals surface area contributed by atoms with Crippen molar-refractivity contribution in [3.8, 4) is 5.88 Å². The summed E-state index contributed by atoms with van der Waals surface area (Å²) in [5.74, 6) is 1.52. The highest BCUT2D eigenvalue weighted by Gasteiger charge is 2.26. The minimum Gasteiger partial charge on any atom is -0.474 e. The molecule has 0 radical (unpaired) electrons. The lowest BCUT2D eigenvalue weighted by molar-refractivity contribution is 0.0846. The van der Waals surface area contributed by atoms with E-state index in [-0.39, 0.29) is 0 Å². The SMILES string of the molecule is CCC1CCCCC1Oc1ncccc1CNC(C)C. The highest BCUT2D eigenvalue weighted by atomic mass is 16.5. The van der Waals surface area contributed by atoms with Crippen LogP contribution in [-0.2, 0) is 6.54 Å². The van der Waals surface area contributed by atoms with Gasteiger partial charge in [-0.15, -0.1) is 0 Å². The number of nitrogens with zero attached hydrogens (tertiary/aromatic N) is 1. The summed E-state index contributed by atoms with van der Waals surface area (Å²) in [6, 6.07) is 4.57. The summed E-state index contributed by atoms with van der Waals surface area (Å²) < 4.78 is 6.27. The maximum Gasteiger partial charge on any atom is 0.218 e. The van der Waals surface area contributed by atoms with Gasteiger partial charge < -0.3 is 10.1 Å². The zero-order valence-electron chi connectivity index (χ0n) is 13.1. The van der Waals surface area contributed by atoms with Gasteiger partial charge in [0.2, 0.25) is 5.88 Å². The predicted molar refractivity (Wildman–Crippen MR) is 82.9 cm³/mol. The average molecular weight is 276 g/mol. The van der Waals surface area contributed by atoms with E-state index in [2.05, 4.69) is 37.1 Å². The van der Waals surface area contributed by atoms with Gasteiger partial charge in [-0.3, -0.25) is 0 Å². The molecule has 112 valence electrons. The minimum absolute atomic E-state index is 0.349. The van der Waals surface area contributed by atoms with Crippen LogP contribution in [0.5, 0.6) is 5.88 Å². The molecule has 1 aliphatic carbocycles. The first-order chi connectivity index (χ1) is 9.70. The number of aromatic nitrogens is 1. The Labute approximate surface area is 123 Å². The number of hydrogen-bond donors (Lipinski definition) is 1. The second kappa shape index (κ2) is 7.63. The van der Waals surface area contributed by atoms with Crippen LogP contribution in [0, 0.1) is 5.92 Å². The van der Waals surface area contributed by atoms with Crippen molar-refractivity contribution in [1.29, 1.82) is 0 Å². The lowest BCUT2D eigenvalue weighted by Gasteiger charge is -2.31. The van der Waals surface area contributed by atoms with E-state index < -0.39 is 0 Å². The Hall–Kier alpha value is -1.09. The van der Waals surface area contributed by atoms with Gasteiger partial charge in [0.1, 0.15) is 6.10 Å². The van der Waals surface area contributed by atoms with E-state index in [1.54, 1.807) is 0 Å². The third kappa shape index (κ3) is 4.20. The lowest BCUT2D eigenvalue weighted by atomic mass is 9.85. The molecule has 2 atom stereocenters. The second-order valence-corrected chi connectivity index (χ2v) is 6.11. The van der Waals surface area contributed by atoms with Crippen molar-refractivity contribution in [2.45, 2.75) is 71.6 Å². The van der Waals surface area contributed by atoms with E-state index in [4.69, 9.17) is 4.74 Å². The molecule has 1 saturated carbocycles. The zero-order chi connectivity index (χ0) is 14.4. The highest BCUT2D eigenvalue weighted by molar-refractivity contribution is 5.25. The minimum atomic E-state index is 0.349. The molecule has 0 aromatic carbocycles. The molecule has 0 bridgehead atoms. The summed E-state index contributed by atoms with van der Waals surface area (Å²) >= 11 is 0. The highest BCUT2D eigenvalue weighted by Crippen LogP contribution is 2.30. The molecular formula is C17H28N2O. The summed E-state index contributed by atoms with van der Waals surface area (Å²) in [7, 11) is 0. The molecule has 2 unspecified atom stereocenters. The lowest BCUT2D eigenvalue weighted by Crippen LogP contribution is -2.31. The predicted octanol–water partition coefficient (Wildman–Crippen LogP) is 3.93. The molecule has 1 N–H and O–H groups in total. The van der Waals surface area contributed by atoms with Crippen molar-refractivity contribution >= 4 is 0 Å². The topological polar surface area (TPSA) is 34.1 Å². The Kier molecular flexibility index (Phi) is 5.84. The number of ether oxygens (including phenoxy) is 1. The molecule has 0 amide bonds. The first kappa shape index (κ1) is 15.3. The van der Waals surface area contributed by atoms with E-state index in [0.29, 0.717) is 18.1 Å². The van der Waals surface area contributed by atoms with Crippen molar-refractivity contribution in [2.24, 2.45) is 5.92 Å². The molecule has 3 heteroatoms. The van der Waals surface area contributed by atoms with Gasteiger partial charge in [0.15, 0.2) is 0 Å². The van der Waals surface area contributed by atoms with E-state index in [1.165, 1.54) is 37.7 Å². The molecule has 0 aliphatic heterocycles. The molecule has 1 heterocycles. The summed E-state index contributed by atoms with van der Waals surface area (Å²) in [4.78, 5) is 4.46. The Balaban J connectivity index is 2.03. The van der Waals surface area contributed by atoms with Crippen LogP contribution in [-0.4, -0.2) is 17.1 Å². The normalized spacial score (nSPS) is 23.0. The third-order valence-corrected chi connectivity index (χ3v) is 4.18. The van der Waals surface area contributed by atoms with E-state index in [9.17, 15) is 0 Å². The number of nitrogens with one attached hydrogen (secondary N) is 1. The van der Waals surface area contributed by atoms with Crippen molar-refractivity contribution in [1.82, 2.24) is 10.3 Å². The van der Waals surface area contributed by atoms with Gasteiger partial charge in [0.05, 0.1) is 0 Å². The van der Waals surface area contributed by atoms with Gasteiger partial charge >= 0.3 is 0 Å². The Bertz CT molecular complexity index is 406. The number of hydrogen-bond acceptors (Lipinski definition) is 3. The maximum atomic E-state index is 6.27. The molecule has 1 fully saturated rings. The van der Waals surface area contributed by atoms with Crippen LogP contribution in [0.1, 0.15) is 58.4 Å². The second-order valence-electron chi connectivity index (χ2n) is 6.11.